The molecule has 2 aromatic carbocycles. The number of sulfone groups is 2. The fourth-order valence-electron chi connectivity index (χ4n) is 4.46. The van der Waals surface area contributed by atoms with E-state index in [9.17, 15) is 58.8 Å². The fourth-order valence-corrected chi connectivity index (χ4v) is 7.26. The summed E-state index contributed by atoms with van der Waals surface area (Å²) in [5, 5.41) is 0. The summed E-state index contributed by atoms with van der Waals surface area (Å²) in [6, 6.07) is 12.7. The standard InChI is InChI=1S/C14H15NO6S.C10H8ClNO4S.C6H13NO4S.C3H7NO2.2ClH.H2N2.H2/c1-21-12(16)6-8-22(19,20)9-7-15-13(17)10-4-2-3-5-11(10)14(15)18;11-17(15,16)6-5-12-9(13)7-3-1-2-4-8(7)10(12)14;1-11-6(8)2-4-12(9,10)5-3-7;1-6-3(5)2-4;;;1-2;/h2-5H,6-9H2,1H3;1-4H,5-6H2;2-5,7H2,1H3;2,4H2,1H3;2*1H;1-2H;1H. The van der Waals surface area contributed by atoms with Crippen LogP contribution in [0.1, 0.15) is 55.7 Å². The van der Waals surface area contributed by atoms with Gasteiger partial charge in [0.1, 0.15) is 0 Å². The molecule has 0 spiro atoms. The van der Waals surface area contributed by atoms with Crippen molar-refractivity contribution in [3.05, 3.63) is 70.8 Å². The van der Waals surface area contributed by atoms with Crippen molar-refractivity contribution < 1.29 is 74.5 Å². The van der Waals surface area contributed by atoms with Gasteiger partial charge in [-0.1, -0.05) is 24.3 Å². The van der Waals surface area contributed by atoms with Crippen LogP contribution in [-0.2, 0) is 57.3 Å². The van der Waals surface area contributed by atoms with E-state index in [2.05, 4.69) is 14.2 Å². The summed E-state index contributed by atoms with van der Waals surface area (Å²) in [5.41, 5.74) is 21.0. The first kappa shape index (κ1) is 60.7. The Morgan fingerprint density at radius 1 is 0.574 bits per heavy atom. The first-order chi connectivity index (χ1) is 27.6. The van der Waals surface area contributed by atoms with Crippen LogP contribution in [0, 0.1) is 11.1 Å². The van der Waals surface area contributed by atoms with Gasteiger partial charge < -0.3 is 25.7 Å². The molecular formula is C33H49Cl3N6O16S3. The van der Waals surface area contributed by atoms with Crippen molar-refractivity contribution in [2.45, 2.75) is 12.8 Å². The molecule has 22 nitrogen and oxygen atoms in total. The lowest BCUT2D eigenvalue weighted by Crippen LogP contribution is -2.35. The number of imide groups is 2. The zero-order valence-corrected chi connectivity index (χ0v) is 37.7. The summed E-state index contributed by atoms with van der Waals surface area (Å²) in [5.74, 6) is -4.93. The lowest BCUT2D eigenvalue weighted by molar-refractivity contribution is -0.141. The maximum absolute atomic E-state index is 12.1. The van der Waals surface area contributed by atoms with E-state index in [0.29, 0.717) is 11.1 Å². The van der Waals surface area contributed by atoms with Crippen LogP contribution in [0.5, 0.6) is 0 Å². The number of hydrogen-bond donors (Lipinski definition) is 4. The van der Waals surface area contributed by atoms with Crippen LogP contribution in [0.2, 0.25) is 0 Å². The van der Waals surface area contributed by atoms with Crippen molar-refractivity contribution in [2.75, 3.05) is 76.3 Å². The highest BCUT2D eigenvalue weighted by Crippen LogP contribution is 2.23. The molecule has 4 rings (SSSR count). The van der Waals surface area contributed by atoms with Gasteiger partial charge in [0, 0.05) is 31.7 Å². The Balaban J connectivity index is -0.000000377. The van der Waals surface area contributed by atoms with Gasteiger partial charge >= 0.3 is 17.9 Å². The number of halogens is 3. The zero-order valence-electron chi connectivity index (χ0n) is 32.9. The second kappa shape index (κ2) is 29.6. The van der Waals surface area contributed by atoms with E-state index in [4.69, 9.17) is 33.2 Å². The number of hydrogen-bond acceptors (Lipinski definition) is 20. The Kier molecular flexibility index (Phi) is 29.4. The van der Waals surface area contributed by atoms with Gasteiger partial charge in [-0.05, 0) is 24.3 Å². The Hall–Kier alpha value is -4.63. The number of ether oxygens (including phenoxy) is 3. The molecule has 6 N–H and O–H groups in total. The Bertz CT molecular complexity index is 2090. The maximum atomic E-state index is 12.1. The minimum absolute atomic E-state index is 0. The average Bonchev–Trinajstić information content (AvgIpc) is 3.61. The second-order valence-corrected chi connectivity index (χ2v) is 18.9. The number of esters is 3. The summed E-state index contributed by atoms with van der Waals surface area (Å²) >= 11 is 0. The molecule has 61 heavy (non-hydrogen) atoms. The van der Waals surface area contributed by atoms with Gasteiger partial charge in [0.25, 0.3) is 23.6 Å². The van der Waals surface area contributed by atoms with Crippen molar-refractivity contribution in [3.8, 4) is 0 Å². The van der Waals surface area contributed by atoms with Gasteiger partial charge in [0.15, 0.2) is 19.7 Å². The lowest BCUT2D eigenvalue weighted by atomic mass is 10.1. The molecule has 2 aromatic rings. The van der Waals surface area contributed by atoms with Crippen molar-refractivity contribution in [1.29, 1.82) is 11.1 Å². The van der Waals surface area contributed by atoms with Gasteiger partial charge in [0.05, 0.1) is 91.7 Å². The summed E-state index contributed by atoms with van der Waals surface area (Å²) in [6.45, 7) is -0.395. The number of carbonyl (C=O) groups is 7. The first-order valence-corrected chi connectivity index (χ1v) is 22.8. The van der Waals surface area contributed by atoms with Crippen LogP contribution in [-0.4, -0.2) is 153 Å². The predicted octanol–water partition coefficient (Wildman–Crippen LogP) is 0.839. The topological polar surface area (TPSA) is 356 Å². The average molecular weight is 988 g/mol. The molecule has 28 heteroatoms. The monoisotopic (exact) mass is 986 g/mol. The van der Waals surface area contributed by atoms with Crippen LogP contribution in [0.15, 0.2) is 48.5 Å². The maximum Gasteiger partial charge on any atom is 0.319 e. The second-order valence-electron chi connectivity index (χ2n) is 11.4. The third-order valence-electron chi connectivity index (χ3n) is 7.45. The molecule has 0 unspecified atom stereocenters. The van der Waals surface area contributed by atoms with Crippen molar-refractivity contribution in [2.24, 2.45) is 11.5 Å². The van der Waals surface area contributed by atoms with Crippen molar-refractivity contribution in [3.63, 3.8) is 0 Å². The van der Waals surface area contributed by atoms with Crippen LogP contribution in [0.3, 0.4) is 0 Å². The molecule has 0 fully saturated rings. The third kappa shape index (κ3) is 21.6. The quantitative estimate of drug-likeness (QED) is 0.0631. The molecule has 0 aromatic heterocycles. The van der Waals surface area contributed by atoms with Gasteiger partial charge in [0.2, 0.25) is 9.05 Å². The van der Waals surface area contributed by atoms with Gasteiger partial charge in [-0.15, -0.1) is 24.8 Å². The van der Waals surface area contributed by atoms with E-state index in [1.54, 1.807) is 24.3 Å². The number of nitrogens with two attached hydrogens (primary N) is 2. The van der Waals surface area contributed by atoms with Crippen molar-refractivity contribution in [1.82, 2.24) is 9.80 Å². The molecule has 0 saturated heterocycles. The molecule has 0 atom stereocenters. The number of methoxy groups -OCH3 is 3. The zero-order chi connectivity index (χ0) is 45.6. The van der Waals surface area contributed by atoms with E-state index in [0.717, 1.165) is 9.80 Å². The predicted molar refractivity (Wildman–Crippen MR) is 226 cm³/mol. The van der Waals surface area contributed by atoms with Crippen LogP contribution in [0.25, 0.3) is 0 Å². The fraction of sp³-hybridized carbons (Fsp3) is 0.424. The summed E-state index contributed by atoms with van der Waals surface area (Å²) < 4.78 is 80.0. The van der Waals surface area contributed by atoms with E-state index < -0.39 is 70.0 Å². The summed E-state index contributed by atoms with van der Waals surface area (Å²) in [6.07, 6.45) is -0.347. The summed E-state index contributed by atoms with van der Waals surface area (Å²) in [4.78, 5) is 80.9. The minimum Gasteiger partial charge on any atom is -0.469 e. The number of fused-ring (bicyclic) bond motifs is 2. The number of benzene rings is 2. The van der Waals surface area contributed by atoms with Crippen molar-refractivity contribution >= 4 is 106 Å². The van der Waals surface area contributed by atoms with Crippen LogP contribution in [0.4, 0.5) is 0 Å². The van der Waals surface area contributed by atoms with E-state index in [1.165, 1.54) is 45.6 Å². The highest BCUT2D eigenvalue weighted by molar-refractivity contribution is 8.13. The smallest absolute Gasteiger partial charge is 0.319 e. The van der Waals surface area contributed by atoms with Crippen LogP contribution >= 0.6 is 35.5 Å². The Morgan fingerprint density at radius 2 is 0.869 bits per heavy atom. The number of amides is 4. The number of carbonyl (C=O) groups excluding carboxylic acids is 7. The number of nitrogens with one attached hydrogen (secondary N) is 2. The Labute approximate surface area is 370 Å². The molecular weight excluding hydrogens is 939 g/mol. The molecule has 2 heterocycles. The minimum atomic E-state index is -3.72. The molecule has 0 aliphatic carbocycles. The number of rotatable bonds is 15. The normalized spacial score (nSPS) is 12.4. The molecule has 0 saturated carbocycles. The van der Waals surface area contributed by atoms with Gasteiger partial charge in [-0.25, -0.2) is 36.3 Å². The first-order valence-electron chi connectivity index (χ1n) is 16.7. The number of nitrogens with zero attached hydrogens (tertiary/aromatic N) is 2. The van der Waals surface area contributed by atoms with E-state index >= 15 is 0 Å². The SMILES string of the molecule is COC(=O)CCS(=O)(=O)CCN.COC(=O)CCS(=O)(=O)CCN1C(=O)c2ccccc2C1=O.COC(=O)CN.Cl.Cl.N=N.O=C1c2ccccc2C(=O)N1CCS(=O)(=O)Cl.[HH]. The highest BCUT2D eigenvalue weighted by Gasteiger charge is 2.36. The molecule has 0 bridgehead atoms. The Morgan fingerprint density at radius 3 is 1.11 bits per heavy atom. The molecule has 0 radical (unpaired) electrons. The largest absolute Gasteiger partial charge is 0.469 e. The molecule has 346 valence electrons. The lowest BCUT2D eigenvalue weighted by Gasteiger charge is -2.13. The molecule has 2 aliphatic heterocycles. The van der Waals surface area contributed by atoms with Crippen LogP contribution < -0.4 is 11.5 Å². The van der Waals surface area contributed by atoms with Gasteiger partial charge in [-0.3, -0.25) is 43.4 Å². The van der Waals surface area contributed by atoms with Gasteiger partial charge in [-0.2, -0.15) is 0 Å². The summed E-state index contributed by atoms with van der Waals surface area (Å²) in [7, 11) is -1.70. The van der Waals surface area contributed by atoms with E-state index in [-0.39, 0.29) is 105 Å². The molecule has 4 amide bonds. The molecule has 2 aliphatic rings. The third-order valence-corrected chi connectivity index (χ3v) is 11.9. The van der Waals surface area contributed by atoms with E-state index in [1.807, 2.05) is 0 Å². The highest BCUT2D eigenvalue weighted by atomic mass is 35.7.